The first-order chi connectivity index (χ1) is 30.5. The summed E-state index contributed by atoms with van der Waals surface area (Å²) in [5.74, 6) is -0.776. The van der Waals surface area contributed by atoms with E-state index in [1.54, 1.807) is 0 Å². The highest BCUT2D eigenvalue weighted by molar-refractivity contribution is 7.47. The lowest BCUT2D eigenvalue weighted by Crippen LogP contribution is -2.37. The molecule has 0 aliphatic carbocycles. The molecule has 0 aromatic rings. The molecule has 0 amide bonds. The van der Waals surface area contributed by atoms with E-state index < -0.39 is 26.5 Å². The SMILES string of the molecule is CCCCCCCCCCCCCCCCCCCCCCCCCC(=O)O[C@H](COC(=O)CCCCCCCCCCCCCCCCCC)COP(=O)(O)OCC[N+](C)(C)C. The fraction of sp³-hybridized carbons (Fsp3) is 0.962. The van der Waals surface area contributed by atoms with Crippen molar-refractivity contribution < 1.29 is 42.1 Å². The van der Waals surface area contributed by atoms with Crippen LogP contribution in [0.4, 0.5) is 0 Å². The van der Waals surface area contributed by atoms with E-state index in [9.17, 15) is 19.0 Å². The standard InChI is InChI=1S/C53H106NO8P/c1-6-8-10-12-14-16-18-20-22-24-25-26-27-28-29-30-32-34-36-38-40-42-44-46-53(56)62-51(50-61-63(57,58)60-48-47-54(3,4)5)49-59-52(55)45-43-41-39-37-35-33-31-23-21-19-17-15-13-11-9-7-2/h51H,6-50H2,1-5H3/p+1/t51-/m1/s1. The molecular weight excluding hydrogens is 810 g/mol. The van der Waals surface area contributed by atoms with Crippen molar-refractivity contribution in [3.05, 3.63) is 0 Å². The number of rotatable bonds is 51. The van der Waals surface area contributed by atoms with Crippen LogP contribution in [-0.2, 0) is 32.7 Å². The molecule has 1 unspecified atom stereocenters. The molecule has 0 bridgehead atoms. The van der Waals surface area contributed by atoms with Crippen molar-refractivity contribution in [1.29, 1.82) is 0 Å². The van der Waals surface area contributed by atoms with Crippen LogP contribution in [0.3, 0.4) is 0 Å². The Hall–Kier alpha value is -0.990. The normalized spacial score (nSPS) is 13.3. The zero-order chi connectivity index (χ0) is 46.4. The number of likely N-dealkylation sites (N-methyl/N-ethyl adjacent to an activating group) is 1. The first-order valence-electron chi connectivity index (χ1n) is 27.3. The third-order valence-corrected chi connectivity index (χ3v) is 13.4. The number of carbonyl (C=O) groups is 2. The first-order valence-corrected chi connectivity index (χ1v) is 28.8. The number of ether oxygens (including phenoxy) is 2. The van der Waals surface area contributed by atoms with E-state index in [4.69, 9.17) is 18.5 Å². The van der Waals surface area contributed by atoms with E-state index in [2.05, 4.69) is 13.8 Å². The predicted octanol–water partition coefficient (Wildman–Crippen LogP) is 16.3. The topological polar surface area (TPSA) is 108 Å². The van der Waals surface area contributed by atoms with Gasteiger partial charge in [-0.15, -0.1) is 0 Å². The maximum atomic E-state index is 12.8. The molecule has 1 N–H and O–H groups in total. The molecule has 63 heavy (non-hydrogen) atoms. The summed E-state index contributed by atoms with van der Waals surface area (Å²) in [6.07, 6.45) is 50.2. The van der Waals surface area contributed by atoms with Gasteiger partial charge in [0, 0.05) is 12.8 Å². The monoisotopic (exact) mass is 917 g/mol. The Morgan fingerprint density at radius 3 is 1.02 bits per heavy atom. The Bertz CT molecular complexity index is 1040. The summed E-state index contributed by atoms with van der Waals surface area (Å²) in [5, 5.41) is 0. The highest BCUT2D eigenvalue weighted by atomic mass is 31.2. The molecule has 0 aromatic carbocycles. The minimum Gasteiger partial charge on any atom is -0.462 e. The third kappa shape index (κ3) is 50.3. The van der Waals surface area contributed by atoms with Gasteiger partial charge in [-0.25, -0.2) is 4.57 Å². The van der Waals surface area contributed by atoms with Gasteiger partial charge < -0.3 is 18.9 Å². The number of hydrogen-bond donors (Lipinski definition) is 1. The zero-order valence-electron chi connectivity index (χ0n) is 42.6. The molecule has 376 valence electrons. The lowest BCUT2D eigenvalue weighted by molar-refractivity contribution is -0.870. The molecule has 0 heterocycles. The number of phosphoric ester groups is 1. The van der Waals surface area contributed by atoms with Crippen molar-refractivity contribution in [3.8, 4) is 0 Å². The summed E-state index contributed by atoms with van der Waals surface area (Å²) in [7, 11) is 1.50. The summed E-state index contributed by atoms with van der Waals surface area (Å²) < 4.78 is 34.5. The fourth-order valence-electron chi connectivity index (χ4n) is 8.14. The van der Waals surface area contributed by atoms with Gasteiger partial charge in [0.1, 0.15) is 19.8 Å². The molecule has 2 atom stereocenters. The zero-order valence-corrected chi connectivity index (χ0v) is 43.5. The average Bonchev–Trinajstić information content (AvgIpc) is 3.24. The van der Waals surface area contributed by atoms with Gasteiger partial charge in [0.15, 0.2) is 6.10 Å². The molecular formula is C53H107NO8P+. The second kappa shape index (κ2) is 46.1. The van der Waals surface area contributed by atoms with Crippen LogP contribution in [0.1, 0.15) is 277 Å². The average molecular weight is 917 g/mol. The summed E-state index contributed by atoms with van der Waals surface area (Å²) in [4.78, 5) is 35.6. The highest BCUT2D eigenvalue weighted by Crippen LogP contribution is 2.43. The number of phosphoric acid groups is 1. The minimum atomic E-state index is -4.37. The van der Waals surface area contributed by atoms with E-state index in [0.717, 1.165) is 38.5 Å². The highest BCUT2D eigenvalue weighted by Gasteiger charge is 2.27. The molecule has 0 spiro atoms. The molecule has 0 aliphatic rings. The second-order valence-corrected chi connectivity index (χ2v) is 21.4. The smallest absolute Gasteiger partial charge is 0.462 e. The van der Waals surface area contributed by atoms with Gasteiger partial charge in [-0.3, -0.25) is 18.6 Å². The Morgan fingerprint density at radius 1 is 0.429 bits per heavy atom. The van der Waals surface area contributed by atoms with Crippen LogP contribution in [0.5, 0.6) is 0 Å². The Labute approximate surface area is 391 Å². The van der Waals surface area contributed by atoms with Gasteiger partial charge in [-0.1, -0.05) is 251 Å². The first kappa shape index (κ1) is 62.0. The van der Waals surface area contributed by atoms with Crippen molar-refractivity contribution >= 4 is 19.8 Å². The van der Waals surface area contributed by atoms with Gasteiger partial charge in [0.05, 0.1) is 27.7 Å². The molecule has 10 heteroatoms. The largest absolute Gasteiger partial charge is 0.472 e. The number of carbonyl (C=O) groups excluding carboxylic acids is 2. The summed E-state index contributed by atoms with van der Waals surface area (Å²) in [6.45, 7) is 4.50. The van der Waals surface area contributed by atoms with Gasteiger partial charge in [-0.2, -0.15) is 0 Å². The van der Waals surface area contributed by atoms with Crippen molar-refractivity contribution in [2.45, 2.75) is 283 Å². The number of unbranched alkanes of at least 4 members (excludes halogenated alkanes) is 37. The van der Waals surface area contributed by atoms with Crippen molar-refractivity contribution in [3.63, 3.8) is 0 Å². The number of hydrogen-bond acceptors (Lipinski definition) is 7. The van der Waals surface area contributed by atoms with E-state index in [-0.39, 0.29) is 25.6 Å². The molecule has 0 rings (SSSR count). The quantitative estimate of drug-likeness (QED) is 0.0278. The van der Waals surface area contributed by atoms with Crippen LogP contribution >= 0.6 is 7.82 Å². The molecule has 0 aromatic heterocycles. The van der Waals surface area contributed by atoms with Gasteiger partial charge in [-0.05, 0) is 12.8 Å². The van der Waals surface area contributed by atoms with E-state index >= 15 is 0 Å². The summed E-state index contributed by atoms with van der Waals surface area (Å²) in [5.41, 5.74) is 0. The summed E-state index contributed by atoms with van der Waals surface area (Å²) in [6, 6.07) is 0. The molecule has 0 saturated heterocycles. The Morgan fingerprint density at radius 2 is 0.714 bits per heavy atom. The number of esters is 2. The molecule has 0 aliphatic heterocycles. The van der Waals surface area contributed by atoms with Crippen molar-refractivity contribution in [1.82, 2.24) is 0 Å². The van der Waals surface area contributed by atoms with Gasteiger partial charge in [0.25, 0.3) is 0 Å². The van der Waals surface area contributed by atoms with Gasteiger partial charge >= 0.3 is 19.8 Å². The van der Waals surface area contributed by atoms with Crippen LogP contribution in [0.25, 0.3) is 0 Å². The van der Waals surface area contributed by atoms with Crippen LogP contribution in [-0.4, -0.2) is 74.9 Å². The minimum absolute atomic E-state index is 0.0373. The number of nitrogens with zero attached hydrogens (tertiary/aromatic N) is 1. The Balaban J connectivity index is 4.14. The van der Waals surface area contributed by atoms with Crippen LogP contribution in [0.15, 0.2) is 0 Å². The molecule has 0 fully saturated rings. The Kier molecular flexibility index (Phi) is 45.4. The van der Waals surface area contributed by atoms with Crippen LogP contribution in [0.2, 0.25) is 0 Å². The van der Waals surface area contributed by atoms with E-state index in [1.807, 2.05) is 21.1 Å². The summed E-state index contributed by atoms with van der Waals surface area (Å²) >= 11 is 0. The lowest BCUT2D eigenvalue weighted by atomic mass is 10.0. The van der Waals surface area contributed by atoms with E-state index in [1.165, 1.54) is 212 Å². The molecule has 0 radical (unpaired) electrons. The van der Waals surface area contributed by atoms with Crippen molar-refractivity contribution in [2.75, 3.05) is 47.5 Å². The lowest BCUT2D eigenvalue weighted by Gasteiger charge is -2.24. The predicted molar refractivity (Wildman–Crippen MR) is 266 cm³/mol. The van der Waals surface area contributed by atoms with Crippen LogP contribution in [0, 0.1) is 0 Å². The third-order valence-electron chi connectivity index (χ3n) is 12.4. The number of quaternary nitrogens is 1. The molecule has 0 saturated carbocycles. The van der Waals surface area contributed by atoms with E-state index in [0.29, 0.717) is 17.4 Å². The second-order valence-electron chi connectivity index (χ2n) is 20.0. The van der Waals surface area contributed by atoms with Gasteiger partial charge in [0.2, 0.25) is 0 Å². The maximum absolute atomic E-state index is 12.8. The fourth-order valence-corrected chi connectivity index (χ4v) is 8.88. The van der Waals surface area contributed by atoms with Crippen molar-refractivity contribution in [2.24, 2.45) is 0 Å². The maximum Gasteiger partial charge on any atom is 0.472 e. The molecule has 9 nitrogen and oxygen atoms in total. The van der Waals surface area contributed by atoms with Crippen LogP contribution < -0.4 is 0 Å².